The zero-order valence-electron chi connectivity index (χ0n) is 12.7. The topological polar surface area (TPSA) is 49.7 Å². The van der Waals surface area contributed by atoms with Gasteiger partial charge in [-0.1, -0.05) is 48.6 Å². The number of allylic oxidation sites excluding steroid dienone is 3. The Bertz CT molecular complexity index is 688. The minimum absolute atomic E-state index is 0.136. The molecule has 1 aromatic carbocycles. The number of hydrogen-bond acceptors (Lipinski definition) is 3. The van der Waals surface area contributed by atoms with Crippen LogP contribution in [0.4, 0.5) is 0 Å². The van der Waals surface area contributed by atoms with E-state index in [2.05, 4.69) is 17.3 Å². The summed E-state index contributed by atoms with van der Waals surface area (Å²) in [4.78, 5) is 25.1. The minimum atomic E-state index is -0.193. The normalized spacial score (nSPS) is 32.4. The minimum Gasteiger partial charge on any atom is -0.272 e. The highest BCUT2D eigenvalue weighted by Gasteiger charge is 2.56. The Morgan fingerprint density at radius 1 is 0.957 bits per heavy atom. The number of carbonyl (C=O) groups is 2. The Kier molecular flexibility index (Phi) is 3.45. The predicted molar refractivity (Wildman–Crippen MR) is 88.2 cm³/mol. The Labute approximate surface area is 135 Å². The summed E-state index contributed by atoms with van der Waals surface area (Å²) in [5, 5.41) is 5.20. The second-order valence-electron chi connectivity index (χ2n) is 6.36. The molecular formula is C19H18N2O2. The standard InChI is InChI=1S/C19H18N2O2/c22-18-16-14-8-9-15(11-10-14)17(16)19(23)21(18)20-12-4-7-13-5-2-1-3-6-13/h1-9,12,14-17H,10-11H2/b7-4+,20-12-/t14-,15+,16-,17-/m0/s1. The molecule has 4 aliphatic rings. The van der Waals surface area contributed by atoms with Gasteiger partial charge in [0.1, 0.15) is 0 Å². The first-order valence-corrected chi connectivity index (χ1v) is 8.07. The van der Waals surface area contributed by atoms with Crippen molar-refractivity contribution in [2.24, 2.45) is 28.8 Å². The van der Waals surface area contributed by atoms with E-state index in [1.807, 2.05) is 36.4 Å². The van der Waals surface area contributed by atoms with Crippen LogP contribution in [0.25, 0.3) is 6.08 Å². The van der Waals surface area contributed by atoms with Crippen LogP contribution < -0.4 is 0 Å². The first-order chi connectivity index (χ1) is 11.3. The molecule has 4 nitrogen and oxygen atoms in total. The number of carbonyl (C=O) groups excluding carboxylic acids is 2. The van der Waals surface area contributed by atoms with Gasteiger partial charge < -0.3 is 0 Å². The maximum Gasteiger partial charge on any atom is 0.254 e. The summed E-state index contributed by atoms with van der Waals surface area (Å²) < 4.78 is 0. The molecule has 0 spiro atoms. The van der Waals surface area contributed by atoms with Crippen LogP contribution in [0.15, 0.2) is 53.7 Å². The van der Waals surface area contributed by atoms with Gasteiger partial charge in [-0.25, -0.2) is 0 Å². The summed E-state index contributed by atoms with van der Waals surface area (Å²) in [6, 6.07) is 9.83. The van der Waals surface area contributed by atoms with Gasteiger partial charge in [-0.3, -0.25) is 9.59 Å². The van der Waals surface area contributed by atoms with Crippen molar-refractivity contribution in [3.8, 4) is 0 Å². The molecule has 0 unspecified atom stereocenters. The molecule has 1 aliphatic heterocycles. The van der Waals surface area contributed by atoms with Crippen molar-refractivity contribution in [2.45, 2.75) is 12.8 Å². The van der Waals surface area contributed by atoms with E-state index in [-0.39, 0.29) is 35.5 Å². The fourth-order valence-corrected chi connectivity index (χ4v) is 4.00. The largest absolute Gasteiger partial charge is 0.272 e. The van der Waals surface area contributed by atoms with Crippen molar-refractivity contribution >= 4 is 24.1 Å². The third-order valence-electron chi connectivity index (χ3n) is 5.09. The van der Waals surface area contributed by atoms with Crippen molar-refractivity contribution in [2.75, 3.05) is 0 Å². The Morgan fingerprint density at radius 3 is 2.13 bits per heavy atom. The number of fused-ring (bicyclic) bond motifs is 1. The van der Waals surface area contributed by atoms with Crippen LogP contribution in [0.3, 0.4) is 0 Å². The molecule has 0 N–H and O–H groups in total. The Balaban J connectivity index is 1.50. The highest BCUT2D eigenvalue weighted by molar-refractivity contribution is 6.06. The number of rotatable bonds is 3. The average Bonchev–Trinajstić information content (AvgIpc) is 2.87. The fourth-order valence-electron chi connectivity index (χ4n) is 4.00. The van der Waals surface area contributed by atoms with Gasteiger partial charge in [-0.05, 0) is 36.3 Å². The second kappa shape index (κ2) is 5.61. The lowest BCUT2D eigenvalue weighted by Gasteiger charge is -2.37. The van der Waals surface area contributed by atoms with E-state index in [1.54, 1.807) is 6.08 Å². The summed E-state index contributed by atoms with van der Waals surface area (Å²) in [6.45, 7) is 0. The van der Waals surface area contributed by atoms with Gasteiger partial charge >= 0.3 is 0 Å². The smallest absolute Gasteiger partial charge is 0.254 e. The molecule has 0 aromatic heterocycles. The highest BCUT2D eigenvalue weighted by atomic mass is 16.2. The van der Waals surface area contributed by atoms with Gasteiger partial charge in [-0.2, -0.15) is 10.1 Å². The fraction of sp³-hybridized carbons (Fsp3) is 0.316. The molecular weight excluding hydrogens is 288 g/mol. The number of hydrogen-bond donors (Lipinski definition) is 0. The summed E-state index contributed by atoms with van der Waals surface area (Å²) in [7, 11) is 0. The van der Waals surface area contributed by atoms with Crippen LogP contribution in [0.2, 0.25) is 0 Å². The van der Waals surface area contributed by atoms with Crippen molar-refractivity contribution in [3.63, 3.8) is 0 Å². The van der Waals surface area contributed by atoms with Crippen LogP contribution in [-0.2, 0) is 9.59 Å². The number of hydrazone groups is 1. The quantitative estimate of drug-likeness (QED) is 0.490. The summed E-state index contributed by atoms with van der Waals surface area (Å²) in [5.41, 5.74) is 1.05. The van der Waals surface area contributed by atoms with Gasteiger partial charge in [0.2, 0.25) is 0 Å². The molecule has 5 rings (SSSR count). The van der Waals surface area contributed by atoms with Gasteiger partial charge in [0.05, 0.1) is 11.8 Å². The molecule has 4 heteroatoms. The molecule has 2 amide bonds. The molecule has 4 atom stereocenters. The van der Waals surface area contributed by atoms with E-state index < -0.39 is 0 Å². The molecule has 2 bridgehead atoms. The van der Waals surface area contributed by atoms with Crippen LogP contribution in [0.5, 0.6) is 0 Å². The van der Waals surface area contributed by atoms with E-state index >= 15 is 0 Å². The van der Waals surface area contributed by atoms with E-state index in [0.29, 0.717) is 0 Å². The van der Waals surface area contributed by atoms with Crippen LogP contribution in [0, 0.1) is 23.7 Å². The number of amides is 2. The third-order valence-corrected chi connectivity index (χ3v) is 5.09. The van der Waals surface area contributed by atoms with E-state index in [9.17, 15) is 9.59 Å². The molecule has 0 radical (unpaired) electrons. The maximum absolute atomic E-state index is 12.5. The lowest BCUT2D eigenvalue weighted by molar-refractivity contribution is -0.140. The third kappa shape index (κ3) is 2.34. The van der Waals surface area contributed by atoms with Gasteiger partial charge in [-0.15, -0.1) is 0 Å². The van der Waals surface area contributed by atoms with E-state index in [4.69, 9.17) is 0 Å². The molecule has 2 fully saturated rings. The highest BCUT2D eigenvalue weighted by Crippen LogP contribution is 2.49. The molecule has 3 aliphatic carbocycles. The first-order valence-electron chi connectivity index (χ1n) is 8.07. The lowest BCUT2D eigenvalue weighted by Crippen LogP contribution is -2.38. The molecule has 116 valence electrons. The number of benzene rings is 1. The van der Waals surface area contributed by atoms with Crippen molar-refractivity contribution < 1.29 is 9.59 Å². The average molecular weight is 306 g/mol. The first kappa shape index (κ1) is 14.1. The lowest BCUT2D eigenvalue weighted by atomic mass is 9.63. The van der Waals surface area contributed by atoms with Crippen LogP contribution in [-0.4, -0.2) is 23.0 Å². The summed E-state index contributed by atoms with van der Waals surface area (Å²) >= 11 is 0. The van der Waals surface area contributed by atoms with E-state index in [0.717, 1.165) is 23.4 Å². The number of imide groups is 1. The van der Waals surface area contributed by atoms with Crippen molar-refractivity contribution in [1.82, 2.24) is 5.01 Å². The molecule has 1 saturated heterocycles. The maximum atomic E-state index is 12.5. The van der Waals surface area contributed by atoms with Crippen LogP contribution >= 0.6 is 0 Å². The molecule has 1 heterocycles. The summed E-state index contributed by atoms with van der Waals surface area (Å²) in [6.07, 6.45) is 11.4. The van der Waals surface area contributed by atoms with E-state index in [1.165, 1.54) is 6.21 Å². The zero-order valence-corrected chi connectivity index (χ0v) is 12.7. The Morgan fingerprint density at radius 2 is 1.57 bits per heavy atom. The van der Waals surface area contributed by atoms with Crippen molar-refractivity contribution in [3.05, 3.63) is 54.1 Å². The molecule has 1 saturated carbocycles. The van der Waals surface area contributed by atoms with Crippen molar-refractivity contribution in [1.29, 1.82) is 0 Å². The monoisotopic (exact) mass is 306 g/mol. The summed E-state index contributed by atoms with van der Waals surface area (Å²) in [5.74, 6) is -0.238. The van der Waals surface area contributed by atoms with Gasteiger partial charge in [0.15, 0.2) is 0 Å². The number of nitrogens with zero attached hydrogens (tertiary/aromatic N) is 2. The van der Waals surface area contributed by atoms with Gasteiger partial charge in [0.25, 0.3) is 11.8 Å². The molecule has 23 heavy (non-hydrogen) atoms. The second-order valence-corrected chi connectivity index (χ2v) is 6.36. The predicted octanol–water partition coefficient (Wildman–Crippen LogP) is 2.88. The van der Waals surface area contributed by atoms with Gasteiger partial charge in [0, 0.05) is 6.21 Å². The zero-order chi connectivity index (χ0) is 15.8. The van der Waals surface area contributed by atoms with Crippen LogP contribution in [0.1, 0.15) is 18.4 Å². The SMILES string of the molecule is O=C1[C@@H]2[C@@H](C(=O)N1/N=C\C=C\c1ccccc1)[C@H]1C=C[C@@H]2CC1. The Hall–Kier alpha value is -2.49. The molecule has 1 aromatic rings.